The smallest absolute Gasteiger partial charge is 0.263 e. The molecule has 2 rings (SSSR count). The van der Waals surface area contributed by atoms with Gasteiger partial charge in [-0.2, -0.15) is 0 Å². The van der Waals surface area contributed by atoms with Gasteiger partial charge in [0, 0.05) is 25.1 Å². The summed E-state index contributed by atoms with van der Waals surface area (Å²) in [6.45, 7) is 8.53. The predicted octanol–water partition coefficient (Wildman–Crippen LogP) is 2.01. The Morgan fingerprint density at radius 3 is 2.54 bits per heavy atom. The molecule has 1 N–H and O–H groups in total. The van der Waals surface area contributed by atoms with Crippen LogP contribution in [0.1, 0.15) is 39.7 Å². The van der Waals surface area contributed by atoms with Crippen molar-refractivity contribution in [3.63, 3.8) is 0 Å². The maximum atomic E-state index is 12.3. The zero-order valence-electron chi connectivity index (χ0n) is 14.8. The predicted molar refractivity (Wildman–Crippen MR) is 94.5 cm³/mol. The van der Waals surface area contributed by atoms with Crippen LogP contribution in [-0.4, -0.2) is 44.7 Å². The number of fused-ring (bicyclic) bond motifs is 1. The van der Waals surface area contributed by atoms with Gasteiger partial charge in [0.05, 0.1) is 11.4 Å². The molecule has 7 heteroatoms. The average Bonchev–Trinajstić information content (AvgIpc) is 2.76. The highest BCUT2D eigenvalue weighted by Crippen LogP contribution is 2.24. The van der Waals surface area contributed by atoms with Gasteiger partial charge in [-0.15, -0.1) is 0 Å². The van der Waals surface area contributed by atoms with E-state index in [0.29, 0.717) is 11.4 Å². The minimum Gasteiger partial charge on any atom is -0.342 e. The van der Waals surface area contributed by atoms with E-state index in [0.717, 1.165) is 0 Å². The van der Waals surface area contributed by atoms with Crippen molar-refractivity contribution in [1.29, 1.82) is 0 Å². The van der Waals surface area contributed by atoms with Crippen LogP contribution in [0.3, 0.4) is 0 Å². The molecule has 0 spiro atoms. The van der Waals surface area contributed by atoms with Gasteiger partial charge in [0.2, 0.25) is 5.91 Å². The molecule has 0 radical (unpaired) electrons. The number of aliphatic imine (C=N–C) groups is 1. The Morgan fingerprint density at radius 2 is 1.92 bits per heavy atom. The summed E-state index contributed by atoms with van der Waals surface area (Å²) in [5.74, 6) is 0.306. The van der Waals surface area contributed by atoms with E-state index in [2.05, 4.69) is 30.5 Å². The van der Waals surface area contributed by atoms with Gasteiger partial charge < -0.3 is 4.90 Å². The van der Waals surface area contributed by atoms with Crippen LogP contribution in [0.15, 0.2) is 34.2 Å². The summed E-state index contributed by atoms with van der Waals surface area (Å²) in [5, 5.41) is 0. The molecule has 1 aromatic rings. The Labute approximate surface area is 144 Å². The molecule has 24 heavy (non-hydrogen) atoms. The van der Waals surface area contributed by atoms with Crippen molar-refractivity contribution in [1.82, 2.24) is 9.62 Å². The van der Waals surface area contributed by atoms with Gasteiger partial charge in [-0.05, 0) is 24.5 Å². The molecule has 6 nitrogen and oxygen atoms in total. The van der Waals surface area contributed by atoms with Crippen LogP contribution in [0.25, 0.3) is 0 Å². The molecule has 0 aromatic heterocycles. The van der Waals surface area contributed by atoms with Crippen LogP contribution in [0.5, 0.6) is 0 Å². The fourth-order valence-electron chi connectivity index (χ4n) is 2.49. The number of carbonyl (C=O) groups excluding carboxylic acids is 1. The highest BCUT2D eigenvalue weighted by Gasteiger charge is 2.30. The van der Waals surface area contributed by atoms with Crippen LogP contribution in [0, 0.1) is 5.41 Å². The molecule has 0 saturated heterocycles. The molecule has 1 aromatic carbocycles. The first kappa shape index (κ1) is 18.4. The Balaban J connectivity index is 2.05. The van der Waals surface area contributed by atoms with Crippen LogP contribution in [0.4, 0.5) is 0 Å². The molecule has 1 atom stereocenters. The van der Waals surface area contributed by atoms with Crippen molar-refractivity contribution in [2.45, 2.75) is 45.1 Å². The Hall–Kier alpha value is -1.89. The summed E-state index contributed by atoms with van der Waals surface area (Å²) in [5.41, 5.74) is 0.553. The summed E-state index contributed by atoms with van der Waals surface area (Å²) < 4.78 is 26.4. The lowest BCUT2D eigenvalue weighted by Crippen LogP contribution is -2.43. The molecule has 1 aliphatic rings. The molecule has 0 fully saturated rings. The van der Waals surface area contributed by atoms with E-state index in [-0.39, 0.29) is 35.2 Å². The standard InChI is InChI=1S/C17H25N3O3S/c1-12(17(2,3)4)20(5)15(21)10-11-18-16-13-8-6-7-9-14(13)24(22,23)19-16/h6-9,12H,10-11H2,1-5H3,(H,18,19). The number of rotatable bonds is 4. The van der Waals surface area contributed by atoms with Crippen molar-refractivity contribution in [2.75, 3.05) is 13.6 Å². The van der Waals surface area contributed by atoms with Crippen molar-refractivity contribution >= 4 is 21.8 Å². The second kappa shape index (κ2) is 6.55. The summed E-state index contributed by atoms with van der Waals surface area (Å²) in [4.78, 5) is 18.5. The first-order valence-electron chi connectivity index (χ1n) is 7.96. The minimum absolute atomic E-state index is 0.00364. The average molecular weight is 351 g/mol. The number of hydrogen-bond donors (Lipinski definition) is 1. The number of amides is 1. The van der Waals surface area contributed by atoms with Gasteiger partial charge in [-0.25, -0.2) is 8.42 Å². The molecule has 0 saturated carbocycles. The highest BCUT2D eigenvalue weighted by atomic mass is 32.2. The molecule has 0 bridgehead atoms. The highest BCUT2D eigenvalue weighted by molar-refractivity contribution is 7.90. The molecule has 0 aliphatic carbocycles. The lowest BCUT2D eigenvalue weighted by molar-refractivity contribution is -0.133. The van der Waals surface area contributed by atoms with Crippen LogP contribution in [0.2, 0.25) is 0 Å². The fourth-order valence-corrected chi connectivity index (χ4v) is 3.74. The molecule has 132 valence electrons. The van der Waals surface area contributed by atoms with Crippen molar-refractivity contribution in [2.24, 2.45) is 10.4 Å². The van der Waals surface area contributed by atoms with E-state index in [1.54, 1.807) is 36.2 Å². The zero-order chi connectivity index (χ0) is 18.1. The number of sulfonamides is 1. The van der Waals surface area contributed by atoms with E-state index in [1.165, 1.54) is 0 Å². The quantitative estimate of drug-likeness (QED) is 0.901. The van der Waals surface area contributed by atoms with Gasteiger partial charge in [0.25, 0.3) is 10.0 Å². The summed E-state index contributed by atoms with van der Waals surface area (Å²) in [7, 11) is -1.74. The molecule has 1 unspecified atom stereocenters. The largest absolute Gasteiger partial charge is 0.342 e. The maximum absolute atomic E-state index is 12.3. The maximum Gasteiger partial charge on any atom is 0.263 e. The molecular weight excluding hydrogens is 326 g/mol. The minimum atomic E-state index is -3.53. The van der Waals surface area contributed by atoms with Gasteiger partial charge >= 0.3 is 0 Å². The number of hydrogen-bond acceptors (Lipinski definition) is 4. The lowest BCUT2D eigenvalue weighted by atomic mass is 9.87. The van der Waals surface area contributed by atoms with E-state index in [9.17, 15) is 13.2 Å². The lowest BCUT2D eigenvalue weighted by Gasteiger charge is -2.35. The van der Waals surface area contributed by atoms with Gasteiger partial charge in [0.1, 0.15) is 5.84 Å². The molecule has 1 amide bonds. The fraction of sp³-hybridized carbons (Fsp3) is 0.529. The number of amidine groups is 1. The number of benzene rings is 1. The topological polar surface area (TPSA) is 78.8 Å². The van der Waals surface area contributed by atoms with Crippen molar-refractivity contribution < 1.29 is 13.2 Å². The third-order valence-electron chi connectivity index (χ3n) is 4.49. The number of carbonyl (C=O) groups is 1. The normalized spacial score (nSPS) is 18.8. The Bertz CT molecular complexity index is 764. The SMILES string of the molecule is CC(N(C)C(=O)CCN=C1NS(=O)(=O)c2ccccc21)C(C)(C)C. The van der Waals surface area contributed by atoms with E-state index >= 15 is 0 Å². The van der Waals surface area contributed by atoms with Crippen LogP contribution >= 0.6 is 0 Å². The summed E-state index contributed by atoms with van der Waals surface area (Å²) in [6.07, 6.45) is 0.240. The van der Waals surface area contributed by atoms with Crippen molar-refractivity contribution in [3.05, 3.63) is 29.8 Å². The zero-order valence-corrected chi connectivity index (χ0v) is 15.6. The second-order valence-electron chi connectivity index (χ2n) is 7.13. The molecule has 1 heterocycles. The monoisotopic (exact) mass is 351 g/mol. The van der Waals surface area contributed by atoms with E-state index < -0.39 is 10.0 Å². The third-order valence-corrected chi connectivity index (χ3v) is 5.88. The number of nitrogens with zero attached hydrogens (tertiary/aromatic N) is 2. The third kappa shape index (κ3) is 3.77. The van der Waals surface area contributed by atoms with E-state index in [1.807, 2.05) is 6.92 Å². The van der Waals surface area contributed by atoms with E-state index in [4.69, 9.17) is 0 Å². The van der Waals surface area contributed by atoms with Gasteiger partial charge in [0.15, 0.2) is 0 Å². The van der Waals surface area contributed by atoms with Crippen LogP contribution < -0.4 is 4.72 Å². The number of nitrogens with one attached hydrogen (secondary N) is 1. The van der Waals surface area contributed by atoms with Crippen molar-refractivity contribution in [3.8, 4) is 0 Å². The first-order valence-corrected chi connectivity index (χ1v) is 9.44. The Kier molecular flexibility index (Phi) is 5.03. The summed E-state index contributed by atoms with van der Waals surface area (Å²) in [6, 6.07) is 6.79. The molecule has 1 aliphatic heterocycles. The van der Waals surface area contributed by atoms with Gasteiger partial charge in [-0.1, -0.05) is 32.9 Å². The van der Waals surface area contributed by atoms with Crippen LogP contribution in [-0.2, 0) is 14.8 Å². The van der Waals surface area contributed by atoms with Gasteiger partial charge in [-0.3, -0.25) is 14.5 Å². The molecular formula is C17H25N3O3S. The second-order valence-corrected chi connectivity index (χ2v) is 8.78. The Morgan fingerprint density at radius 1 is 1.29 bits per heavy atom. The first-order chi connectivity index (χ1) is 11.0. The summed E-state index contributed by atoms with van der Waals surface area (Å²) >= 11 is 0.